The van der Waals surface area contributed by atoms with Gasteiger partial charge in [-0.05, 0) is 0 Å². The third-order valence-corrected chi connectivity index (χ3v) is 2.45. The van der Waals surface area contributed by atoms with Gasteiger partial charge in [0.15, 0.2) is 5.69 Å². The number of aromatic nitrogens is 2. The van der Waals surface area contributed by atoms with Crippen LogP contribution >= 0.6 is 0 Å². The summed E-state index contributed by atoms with van der Waals surface area (Å²) in [6.45, 7) is 2.15. The zero-order chi connectivity index (χ0) is 9.97. The van der Waals surface area contributed by atoms with Crippen molar-refractivity contribution in [2.75, 3.05) is 0 Å². The van der Waals surface area contributed by atoms with E-state index >= 15 is 0 Å². The highest BCUT2D eigenvalue weighted by atomic mass is 15.0. The summed E-state index contributed by atoms with van der Waals surface area (Å²) in [6, 6.07) is 10.4. The van der Waals surface area contributed by atoms with Crippen LogP contribution in [0.4, 0.5) is 0 Å². The Morgan fingerprint density at radius 2 is 1.93 bits per heavy atom. The number of benzene rings is 1. The van der Waals surface area contributed by atoms with Gasteiger partial charge in [-0.2, -0.15) is 0 Å². The van der Waals surface area contributed by atoms with E-state index < -0.39 is 0 Å². The average molecular weight is 187 g/mol. The lowest BCUT2D eigenvalue weighted by atomic mass is 10.2. The minimum Gasteiger partial charge on any atom is -0.241 e. The zero-order valence-electron chi connectivity index (χ0n) is 8.62. The van der Waals surface area contributed by atoms with Gasteiger partial charge in [-0.1, -0.05) is 37.3 Å². The number of hydrogen-bond acceptors (Lipinski definition) is 0. The van der Waals surface area contributed by atoms with Gasteiger partial charge in [0, 0.05) is 12.0 Å². The lowest BCUT2D eigenvalue weighted by Gasteiger charge is -1.89. The molecule has 72 valence electrons. The molecule has 0 bridgehead atoms. The van der Waals surface area contributed by atoms with Crippen molar-refractivity contribution in [2.24, 2.45) is 7.05 Å². The number of rotatable bonds is 2. The highest BCUT2D eigenvalue weighted by Crippen LogP contribution is 2.14. The van der Waals surface area contributed by atoms with Crippen molar-refractivity contribution in [3.05, 3.63) is 42.4 Å². The van der Waals surface area contributed by atoms with Crippen molar-refractivity contribution >= 4 is 0 Å². The minimum absolute atomic E-state index is 1.03. The topological polar surface area (TPSA) is 19.7 Å². The van der Waals surface area contributed by atoms with Crippen LogP contribution in [-0.4, -0.2) is 4.98 Å². The molecule has 0 aliphatic heterocycles. The molecule has 1 heterocycles. The Balaban J connectivity index is 2.43. The number of aromatic amines is 1. The van der Waals surface area contributed by atoms with Gasteiger partial charge >= 0.3 is 0 Å². The highest BCUT2D eigenvalue weighted by Gasteiger charge is 2.11. The Bertz CT molecular complexity index is 415. The SMILES string of the molecule is CCc1[nH]c(-c2ccccc2)c[n+]1C. The molecule has 0 saturated heterocycles. The largest absolute Gasteiger partial charge is 0.254 e. The second-order valence-corrected chi connectivity index (χ2v) is 3.44. The fourth-order valence-electron chi connectivity index (χ4n) is 1.65. The molecule has 2 nitrogen and oxygen atoms in total. The van der Waals surface area contributed by atoms with Crippen LogP contribution in [0.1, 0.15) is 12.7 Å². The first-order valence-corrected chi connectivity index (χ1v) is 4.94. The molecule has 1 aromatic heterocycles. The van der Waals surface area contributed by atoms with Crippen LogP contribution in [0.25, 0.3) is 11.3 Å². The molecular formula is C12H15N2+. The van der Waals surface area contributed by atoms with E-state index in [1.165, 1.54) is 17.1 Å². The Kier molecular flexibility index (Phi) is 2.35. The Morgan fingerprint density at radius 3 is 2.50 bits per heavy atom. The van der Waals surface area contributed by atoms with Crippen LogP contribution in [-0.2, 0) is 13.5 Å². The monoisotopic (exact) mass is 187 g/mol. The molecular weight excluding hydrogens is 172 g/mol. The number of imidazole rings is 1. The summed E-state index contributed by atoms with van der Waals surface area (Å²) in [6.07, 6.45) is 3.16. The Hall–Kier alpha value is -1.57. The van der Waals surface area contributed by atoms with Gasteiger partial charge in [0.05, 0.1) is 7.05 Å². The predicted octanol–water partition coefficient (Wildman–Crippen LogP) is 2.07. The molecule has 2 aromatic rings. The van der Waals surface area contributed by atoms with E-state index in [0.717, 1.165) is 6.42 Å². The van der Waals surface area contributed by atoms with E-state index in [9.17, 15) is 0 Å². The molecule has 0 fully saturated rings. The smallest absolute Gasteiger partial charge is 0.241 e. The van der Waals surface area contributed by atoms with Crippen molar-refractivity contribution < 1.29 is 4.57 Å². The minimum atomic E-state index is 1.03. The van der Waals surface area contributed by atoms with Crippen LogP contribution in [0.2, 0.25) is 0 Å². The standard InChI is InChI=1S/C12H14N2/c1-3-12-13-11(9-14(12)2)10-7-5-4-6-8-10/h4-9H,3H2,1-2H3/p+1. The molecule has 0 amide bonds. The van der Waals surface area contributed by atoms with Gasteiger partial charge < -0.3 is 0 Å². The van der Waals surface area contributed by atoms with Crippen LogP contribution < -0.4 is 4.57 Å². The number of hydrogen-bond donors (Lipinski definition) is 1. The van der Waals surface area contributed by atoms with E-state index in [2.05, 4.69) is 54.0 Å². The van der Waals surface area contributed by atoms with Crippen molar-refractivity contribution in [1.82, 2.24) is 4.98 Å². The van der Waals surface area contributed by atoms with Crippen LogP contribution in [0.3, 0.4) is 0 Å². The summed E-state index contributed by atoms with van der Waals surface area (Å²) in [4.78, 5) is 3.41. The summed E-state index contributed by atoms with van der Waals surface area (Å²) >= 11 is 0. The average Bonchev–Trinajstić information content (AvgIpc) is 2.61. The first-order chi connectivity index (χ1) is 6.81. The molecule has 0 radical (unpaired) electrons. The molecule has 0 atom stereocenters. The van der Waals surface area contributed by atoms with Gasteiger partial charge in [0.2, 0.25) is 0 Å². The van der Waals surface area contributed by atoms with Crippen LogP contribution in [0.5, 0.6) is 0 Å². The molecule has 1 aromatic carbocycles. The van der Waals surface area contributed by atoms with E-state index in [1.54, 1.807) is 0 Å². The van der Waals surface area contributed by atoms with E-state index in [0.29, 0.717) is 0 Å². The molecule has 14 heavy (non-hydrogen) atoms. The lowest BCUT2D eigenvalue weighted by Crippen LogP contribution is -2.29. The molecule has 2 rings (SSSR count). The molecule has 0 saturated carbocycles. The van der Waals surface area contributed by atoms with Crippen molar-refractivity contribution in [3.63, 3.8) is 0 Å². The fraction of sp³-hybridized carbons (Fsp3) is 0.250. The Labute approximate surface area is 84.2 Å². The second-order valence-electron chi connectivity index (χ2n) is 3.44. The first kappa shape index (κ1) is 9.00. The number of H-pyrrole nitrogens is 1. The maximum absolute atomic E-state index is 3.41. The van der Waals surface area contributed by atoms with E-state index in [4.69, 9.17) is 0 Å². The van der Waals surface area contributed by atoms with Gasteiger partial charge in [0.1, 0.15) is 6.20 Å². The molecule has 0 aliphatic carbocycles. The second kappa shape index (κ2) is 3.66. The maximum atomic E-state index is 3.41. The lowest BCUT2D eigenvalue weighted by molar-refractivity contribution is -0.677. The molecule has 2 heteroatoms. The molecule has 0 unspecified atom stereocenters. The highest BCUT2D eigenvalue weighted by molar-refractivity contribution is 5.57. The summed E-state index contributed by atoms with van der Waals surface area (Å²) in [5, 5.41) is 0. The molecule has 1 N–H and O–H groups in total. The molecule has 0 spiro atoms. The summed E-state index contributed by atoms with van der Waals surface area (Å²) in [7, 11) is 2.07. The Morgan fingerprint density at radius 1 is 1.21 bits per heavy atom. The third-order valence-electron chi connectivity index (χ3n) is 2.45. The van der Waals surface area contributed by atoms with E-state index in [-0.39, 0.29) is 0 Å². The normalized spacial score (nSPS) is 10.4. The van der Waals surface area contributed by atoms with Gasteiger partial charge in [0.25, 0.3) is 5.82 Å². The molecule has 0 aliphatic rings. The van der Waals surface area contributed by atoms with Gasteiger partial charge in [-0.3, -0.25) is 0 Å². The number of nitrogens with one attached hydrogen (secondary N) is 1. The van der Waals surface area contributed by atoms with E-state index in [1.807, 2.05) is 6.07 Å². The summed E-state index contributed by atoms with van der Waals surface area (Å²) < 4.78 is 2.14. The van der Waals surface area contributed by atoms with Crippen molar-refractivity contribution in [1.29, 1.82) is 0 Å². The van der Waals surface area contributed by atoms with Crippen molar-refractivity contribution in [3.8, 4) is 11.3 Å². The summed E-state index contributed by atoms with van der Waals surface area (Å²) in [5.41, 5.74) is 2.42. The summed E-state index contributed by atoms with van der Waals surface area (Å²) in [5.74, 6) is 1.25. The van der Waals surface area contributed by atoms with Gasteiger partial charge in [-0.15, -0.1) is 0 Å². The zero-order valence-corrected chi connectivity index (χ0v) is 8.62. The van der Waals surface area contributed by atoms with Crippen LogP contribution in [0.15, 0.2) is 36.5 Å². The number of aryl methyl sites for hydroxylation is 2. The third kappa shape index (κ3) is 1.55. The van der Waals surface area contributed by atoms with Crippen LogP contribution in [0, 0.1) is 0 Å². The van der Waals surface area contributed by atoms with Crippen molar-refractivity contribution in [2.45, 2.75) is 13.3 Å². The fourth-order valence-corrected chi connectivity index (χ4v) is 1.65. The first-order valence-electron chi connectivity index (χ1n) is 4.94. The quantitative estimate of drug-likeness (QED) is 0.694. The van der Waals surface area contributed by atoms with Gasteiger partial charge in [-0.25, -0.2) is 9.55 Å². The predicted molar refractivity (Wildman–Crippen MR) is 56.8 cm³/mol. The maximum Gasteiger partial charge on any atom is 0.254 e. The number of nitrogens with zero attached hydrogens (tertiary/aromatic N) is 1.